The first kappa shape index (κ1) is 19.6. The van der Waals surface area contributed by atoms with E-state index < -0.39 is 11.7 Å². The minimum Gasteiger partial charge on any atom is -0.326 e. The largest absolute Gasteiger partial charge is 0.439 e. The van der Waals surface area contributed by atoms with Crippen LogP contribution in [0.1, 0.15) is 31.7 Å². The third-order valence-corrected chi connectivity index (χ3v) is 5.19. The van der Waals surface area contributed by atoms with Crippen molar-refractivity contribution in [2.75, 3.05) is 16.8 Å². The van der Waals surface area contributed by atoms with E-state index >= 15 is 0 Å². The predicted molar refractivity (Wildman–Crippen MR) is 112 cm³/mol. The topological polar surface area (TPSA) is 108 Å². The zero-order chi connectivity index (χ0) is 21.3. The number of aromatic nitrogens is 2. The van der Waals surface area contributed by atoms with E-state index in [9.17, 15) is 14.4 Å². The van der Waals surface area contributed by atoms with Crippen molar-refractivity contribution in [3.63, 3.8) is 0 Å². The Labute approximate surface area is 172 Å². The van der Waals surface area contributed by atoms with Crippen LogP contribution in [0.15, 0.2) is 57.8 Å². The number of aromatic amines is 1. The quantitative estimate of drug-likeness (QED) is 0.677. The Hall–Kier alpha value is -3.68. The van der Waals surface area contributed by atoms with Gasteiger partial charge in [0.1, 0.15) is 0 Å². The molecule has 0 bridgehead atoms. The first-order chi connectivity index (χ1) is 14.4. The first-order valence-electron chi connectivity index (χ1n) is 9.78. The summed E-state index contributed by atoms with van der Waals surface area (Å²) in [5.74, 6) is -0.750. The van der Waals surface area contributed by atoms with Gasteiger partial charge in [-0.05, 0) is 35.7 Å². The number of anilines is 2. The number of carbonyl (C=O) groups is 2. The number of benzene rings is 2. The summed E-state index contributed by atoms with van der Waals surface area (Å²) in [6.07, 6.45) is 0.161. The summed E-state index contributed by atoms with van der Waals surface area (Å²) in [4.78, 5) is 40.6. The van der Waals surface area contributed by atoms with Gasteiger partial charge in [-0.25, -0.2) is 4.79 Å². The minimum atomic E-state index is -0.648. The summed E-state index contributed by atoms with van der Waals surface area (Å²) in [6, 6.07) is 14.8. The number of carbonyl (C=O) groups excluding carboxylic acids is 2. The smallest absolute Gasteiger partial charge is 0.326 e. The van der Waals surface area contributed by atoms with Gasteiger partial charge < -0.3 is 10.2 Å². The summed E-state index contributed by atoms with van der Waals surface area (Å²) in [5, 5.41) is 6.50. The van der Waals surface area contributed by atoms with Crippen LogP contribution < -0.4 is 16.0 Å². The van der Waals surface area contributed by atoms with Crippen LogP contribution in [0.3, 0.4) is 0 Å². The molecule has 8 heteroatoms. The van der Waals surface area contributed by atoms with E-state index in [2.05, 4.69) is 33.8 Å². The molecule has 8 nitrogen and oxygen atoms in total. The lowest BCUT2D eigenvalue weighted by Gasteiger charge is -2.18. The molecule has 2 amide bonds. The summed E-state index contributed by atoms with van der Waals surface area (Å²) in [7, 11) is 0. The molecular weight excluding hydrogens is 384 g/mol. The van der Waals surface area contributed by atoms with Crippen molar-refractivity contribution in [2.45, 2.75) is 26.2 Å². The van der Waals surface area contributed by atoms with Crippen molar-refractivity contribution < 1.29 is 14.1 Å². The van der Waals surface area contributed by atoms with Gasteiger partial charge in [-0.2, -0.15) is 0 Å². The Morgan fingerprint density at radius 3 is 2.73 bits per heavy atom. The lowest BCUT2D eigenvalue weighted by molar-refractivity contribution is -0.122. The van der Waals surface area contributed by atoms with Crippen molar-refractivity contribution in [1.29, 1.82) is 0 Å². The maximum Gasteiger partial charge on any atom is 0.439 e. The molecule has 2 heterocycles. The van der Waals surface area contributed by atoms with Gasteiger partial charge in [0.15, 0.2) is 5.82 Å². The van der Waals surface area contributed by atoms with Gasteiger partial charge in [0.2, 0.25) is 11.8 Å². The number of amides is 2. The van der Waals surface area contributed by atoms with Crippen molar-refractivity contribution in [2.24, 2.45) is 5.92 Å². The average Bonchev–Trinajstić information content (AvgIpc) is 3.34. The zero-order valence-electron chi connectivity index (χ0n) is 16.7. The molecule has 0 radical (unpaired) electrons. The molecule has 154 valence electrons. The third kappa shape index (κ3) is 4.03. The van der Waals surface area contributed by atoms with E-state index in [0.29, 0.717) is 23.7 Å². The van der Waals surface area contributed by atoms with E-state index in [4.69, 9.17) is 0 Å². The fourth-order valence-electron chi connectivity index (χ4n) is 3.53. The van der Waals surface area contributed by atoms with Crippen molar-refractivity contribution in [1.82, 2.24) is 10.1 Å². The highest BCUT2D eigenvalue weighted by atomic mass is 16.5. The van der Waals surface area contributed by atoms with E-state index in [1.165, 1.54) is 0 Å². The third-order valence-electron chi connectivity index (χ3n) is 5.19. The van der Waals surface area contributed by atoms with Crippen LogP contribution >= 0.6 is 0 Å². The Kier molecular flexibility index (Phi) is 5.22. The number of nitrogens with one attached hydrogen (secondary N) is 2. The standard InChI is InChI=1S/C22H22N4O4/c1-13(2)14-5-4-8-18(10-14)26-12-16(11-19(26)27)21(28)23-17-7-3-6-15(9-17)20-24-22(29)30-25-20/h3-10,13,16H,11-12H2,1-2H3,(H,23,28)(H,24,25,29). The fraction of sp³-hybridized carbons (Fsp3) is 0.273. The molecule has 2 aromatic carbocycles. The predicted octanol–water partition coefficient (Wildman–Crippen LogP) is 3.14. The monoisotopic (exact) mass is 406 g/mol. The van der Waals surface area contributed by atoms with Crippen LogP contribution in [0.2, 0.25) is 0 Å². The summed E-state index contributed by atoms with van der Waals surface area (Å²) in [5.41, 5.74) is 3.12. The first-order valence-corrected chi connectivity index (χ1v) is 9.78. The Bertz CT molecular complexity index is 1150. The van der Waals surface area contributed by atoms with Crippen LogP contribution in [0.4, 0.5) is 11.4 Å². The van der Waals surface area contributed by atoms with Gasteiger partial charge in [0, 0.05) is 29.9 Å². The highest BCUT2D eigenvalue weighted by molar-refractivity contribution is 6.03. The lowest BCUT2D eigenvalue weighted by Crippen LogP contribution is -2.28. The Morgan fingerprint density at radius 2 is 2.00 bits per heavy atom. The second-order valence-electron chi connectivity index (χ2n) is 7.67. The van der Waals surface area contributed by atoms with E-state index in [1.807, 2.05) is 24.3 Å². The number of nitrogens with zero attached hydrogens (tertiary/aromatic N) is 2. The second-order valence-corrected chi connectivity index (χ2v) is 7.67. The summed E-state index contributed by atoms with van der Waals surface area (Å²) < 4.78 is 4.52. The van der Waals surface area contributed by atoms with Crippen LogP contribution in [-0.2, 0) is 9.59 Å². The normalized spacial score (nSPS) is 16.3. The number of hydrogen-bond acceptors (Lipinski definition) is 5. The molecule has 2 N–H and O–H groups in total. The molecule has 0 aliphatic carbocycles. The van der Waals surface area contributed by atoms with E-state index in [-0.39, 0.29) is 24.1 Å². The van der Waals surface area contributed by atoms with Crippen LogP contribution in [0, 0.1) is 5.92 Å². The van der Waals surface area contributed by atoms with Crippen molar-refractivity contribution >= 4 is 23.2 Å². The molecule has 30 heavy (non-hydrogen) atoms. The summed E-state index contributed by atoms with van der Waals surface area (Å²) >= 11 is 0. The molecule has 3 aromatic rings. The molecule has 0 saturated carbocycles. The zero-order valence-corrected chi connectivity index (χ0v) is 16.7. The molecule has 1 aliphatic rings. The molecule has 1 unspecified atom stereocenters. The average molecular weight is 406 g/mol. The molecule has 1 atom stereocenters. The SMILES string of the molecule is CC(C)c1cccc(N2CC(C(=O)Nc3cccc(-c4noc(=O)[nH]4)c3)CC2=O)c1. The van der Waals surface area contributed by atoms with Crippen molar-refractivity contribution in [3.05, 3.63) is 64.6 Å². The van der Waals surface area contributed by atoms with Gasteiger partial charge in [0.05, 0.1) is 5.92 Å². The number of H-pyrrole nitrogens is 1. The molecule has 1 fully saturated rings. The van der Waals surface area contributed by atoms with Gasteiger partial charge in [-0.1, -0.05) is 43.3 Å². The van der Waals surface area contributed by atoms with Gasteiger partial charge in [-0.3, -0.25) is 19.1 Å². The minimum absolute atomic E-state index is 0.0648. The van der Waals surface area contributed by atoms with Gasteiger partial charge in [-0.15, -0.1) is 0 Å². The lowest BCUT2D eigenvalue weighted by atomic mass is 10.0. The van der Waals surface area contributed by atoms with Gasteiger partial charge >= 0.3 is 5.76 Å². The number of hydrogen-bond donors (Lipinski definition) is 2. The highest BCUT2D eigenvalue weighted by Crippen LogP contribution is 2.29. The number of rotatable bonds is 5. The molecule has 1 aromatic heterocycles. The van der Waals surface area contributed by atoms with E-state index in [1.54, 1.807) is 29.2 Å². The molecular formula is C22H22N4O4. The molecule has 4 rings (SSSR count). The maximum atomic E-state index is 12.8. The second kappa shape index (κ2) is 7.98. The maximum absolute atomic E-state index is 12.8. The van der Waals surface area contributed by atoms with Gasteiger partial charge in [0.25, 0.3) is 0 Å². The fourth-order valence-corrected chi connectivity index (χ4v) is 3.53. The highest BCUT2D eigenvalue weighted by Gasteiger charge is 2.35. The van der Waals surface area contributed by atoms with Crippen LogP contribution in [0.25, 0.3) is 11.4 Å². The molecule has 1 aliphatic heterocycles. The van der Waals surface area contributed by atoms with Crippen LogP contribution in [0.5, 0.6) is 0 Å². The summed E-state index contributed by atoms with van der Waals surface area (Å²) in [6.45, 7) is 4.54. The van der Waals surface area contributed by atoms with Crippen LogP contribution in [-0.4, -0.2) is 28.5 Å². The Morgan fingerprint density at radius 1 is 1.20 bits per heavy atom. The molecule has 1 saturated heterocycles. The van der Waals surface area contributed by atoms with Crippen molar-refractivity contribution in [3.8, 4) is 11.4 Å². The molecule has 0 spiro atoms. The van der Waals surface area contributed by atoms with E-state index in [0.717, 1.165) is 11.3 Å². The Balaban J connectivity index is 1.47.